The fourth-order valence-electron chi connectivity index (χ4n) is 1.87. The van der Waals surface area contributed by atoms with E-state index >= 15 is 0 Å². The maximum absolute atomic E-state index is 5.50. The Morgan fingerprint density at radius 1 is 1.29 bits per heavy atom. The van der Waals surface area contributed by atoms with Crippen molar-refractivity contribution < 1.29 is 0 Å². The van der Waals surface area contributed by atoms with Crippen molar-refractivity contribution in [3.05, 3.63) is 17.8 Å². The van der Waals surface area contributed by atoms with E-state index < -0.39 is 0 Å². The van der Waals surface area contributed by atoms with E-state index in [-0.39, 0.29) is 0 Å². The van der Waals surface area contributed by atoms with Crippen LogP contribution >= 0.6 is 0 Å². The standard InChI is InChI=1S/C10H16N4/c1-14-6-4-8(5-7-14)9-2-3-10(11)13-12-9/h2-3,8H,4-7H2,1H3,(H2,11,13). The molecule has 1 fully saturated rings. The van der Waals surface area contributed by atoms with E-state index in [1.54, 1.807) is 0 Å². The Morgan fingerprint density at radius 3 is 2.57 bits per heavy atom. The molecular weight excluding hydrogens is 176 g/mol. The second-order valence-electron chi connectivity index (χ2n) is 3.96. The first kappa shape index (κ1) is 9.40. The smallest absolute Gasteiger partial charge is 0.146 e. The Balaban J connectivity index is 2.05. The van der Waals surface area contributed by atoms with Gasteiger partial charge >= 0.3 is 0 Å². The number of piperidine rings is 1. The van der Waals surface area contributed by atoms with Crippen molar-refractivity contribution in [1.82, 2.24) is 15.1 Å². The number of hydrogen-bond donors (Lipinski definition) is 1. The largest absolute Gasteiger partial charge is 0.382 e. The van der Waals surface area contributed by atoms with Crippen LogP contribution in [-0.4, -0.2) is 35.2 Å². The molecule has 0 aromatic carbocycles. The van der Waals surface area contributed by atoms with Crippen LogP contribution in [0.2, 0.25) is 0 Å². The van der Waals surface area contributed by atoms with Gasteiger partial charge in [0.2, 0.25) is 0 Å². The van der Waals surface area contributed by atoms with Gasteiger partial charge in [-0.1, -0.05) is 0 Å². The molecule has 0 unspecified atom stereocenters. The van der Waals surface area contributed by atoms with Crippen molar-refractivity contribution in [1.29, 1.82) is 0 Å². The first-order chi connectivity index (χ1) is 6.75. The van der Waals surface area contributed by atoms with Crippen LogP contribution in [0.1, 0.15) is 24.5 Å². The topological polar surface area (TPSA) is 55.0 Å². The lowest BCUT2D eigenvalue weighted by Gasteiger charge is -2.28. The van der Waals surface area contributed by atoms with Crippen molar-refractivity contribution in [2.75, 3.05) is 25.9 Å². The Labute approximate surface area is 84.1 Å². The van der Waals surface area contributed by atoms with E-state index in [9.17, 15) is 0 Å². The molecule has 0 bridgehead atoms. The van der Waals surface area contributed by atoms with Gasteiger partial charge in [0, 0.05) is 5.92 Å². The van der Waals surface area contributed by atoms with E-state index in [1.165, 1.54) is 12.8 Å². The zero-order chi connectivity index (χ0) is 9.97. The molecular formula is C10H16N4. The number of aromatic nitrogens is 2. The summed E-state index contributed by atoms with van der Waals surface area (Å²) in [6.07, 6.45) is 2.35. The average Bonchev–Trinajstić information content (AvgIpc) is 2.21. The molecule has 1 aromatic heterocycles. The number of nitrogens with zero attached hydrogens (tertiary/aromatic N) is 3. The Morgan fingerprint density at radius 2 is 2.00 bits per heavy atom. The maximum Gasteiger partial charge on any atom is 0.146 e. The van der Waals surface area contributed by atoms with Gasteiger partial charge in [-0.15, -0.1) is 5.10 Å². The third-order valence-corrected chi connectivity index (χ3v) is 2.84. The van der Waals surface area contributed by atoms with Gasteiger partial charge in [-0.3, -0.25) is 0 Å². The van der Waals surface area contributed by atoms with Gasteiger partial charge in [0.25, 0.3) is 0 Å². The monoisotopic (exact) mass is 192 g/mol. The molecule has 4 nitrogen and oxygen atoms in total. The van der Waals surface area contributed by atoms with Crippen molar-refractivity contribution in [2.45, 2.75) is 18.8 Å². The molecule has 2 N–H and O–H groups in total. The summed E-state index contributed by atoms with van der Waals surface area (Å²) in [6, 6.07) is 3.83. The van der Waals surface area contributed by atoms with Gasteiger partial charge in [0.05, 0.1) is 5.69 Å². The molecule has 0 radical (unpaired) electrons. The minimum atomic E-state index is 0.502. The molecule has 1 saturated heterocycles. The third kappa shape index (κ3) is 2.01. The summed E-state index contributed by atoms with van der Waals surface area (Å²) in [5.74, 6) is 1.07. The van der Waals surface area contributed by atoms with Crippen LogP contribution in [0.3, 0.4) is 0 Å². The fraction of sp³-hybridized carbons (Fsp3) is 0.600. The molecule has 0 atom stereocenters. The van der Waals surface area contributed by atoms with Crippen LogP contribution in [0.25, 0.3) is 0 Å². The predicted octanol–water partition coefficient (Wildman–Crippen LogP) is 0.868. The number of likely N-dealkylation sites (tertiary alicyclic amines) is 1. The highest BCUT2D eigenvalue weighted by Crippen LogP contribution is 2.25. The van der Waals surface area contributed by atoms with Crippen molar-refractivity contribution in [2.24, 2.45) is 0 Å². The number of anilines is 1. The van der Waals surface area contributed by atoms with Gasteiger partial charge in [0.1, 0.15) is 5.82 Å². The first-order valence-corrected chi connectivity index (χ1v) is 5.03. The summed E-state index contributed by atoms with van der Waals surface area (Å²) < 4.78 is 0. The quantitative estimate of drug-likeness (QED) is 0.717. The van der Waals surface area contributed by atoms with Crippen molar-refractivity contribution in [3.63, 3.8) is 0 Å². The van der Waals surface area contributed by atoms with Gasteiger partial charge in [-0.25, -0.2) is 0 Å². The summed E-state index contributed by atoms with van der Waals surface area (Å²) in [5.41, 5.74) is 6.59. The highest BCUT2D eigenvalue weighted by Gasteiger charge is 2.19. The highest BCUT2D eigenvalue weighted by atomic mass is 15.1. The number of hydrogen-bond acceptors (Lipinski definition) is 4. The van der Waals surface area contributed by atoms with Crippen LogP contribution in [0.15, 0.2) is 12.1 Å². The minimum Gasteiger partial charge on any atom is -0.382 e. The molecule has 1 aliphatic heterocycles. The zero-order valence-corrected chi connectivity index (χ0v) is 8.48. The van der Waals surface area contributed by atoms with E-state index in [4.69, 9.17) is 5.73 Å². The maximum atomic E-state index is 5.50. The molecule has 2 heterocycles. The summed E-state index contributed by atoms with van der Waals surface area (Å²) in [6.45, 7) is 2.30. The van der Waals surface area contributed by atoms with Crippen molar-refractivity contribution >= 4 is 5.82 Å². The molecule has 4 heteroatoms. The van der Waals surface area contributed by atoms with E-state index in [2.05, 4.69) is 22.1 Å². The summed E-state index contributed by atoms with van der Waals surface area (Å²) in [7, 11) is 2.16. The van der Waals surface area contributed by atoms with E-state index in [0.717, 1.165) is 18.8 Å². The number of nitrogen functional groups attached to an aromatic ring is 1. The lowest BCUT2D eigenvalue weighted by molar-refractivity contribution is 0.253. The van der Waals surface area contributed by atoms with E-state index in [1.807, 2.05) is 12.1 Å². The molecule has 0 amide bonds. The second-order valence-corrected chi connectivity index (χ2v) is 3.96. The Hall–Kier alpha value is -1.16. The normalized spacial score (nSPS) is 19.8. The Bertz CT molecular complexity index is 287. The number of rotatable bonds is 1. The van der Waals surface area contributed by atoms with Crippen LogP contribution in [0, 0.1) is 0 Å². The molecule has 0 aliphatic carbocycles. The SMILES string of the molecule is CN1CCC(c2ccc(N)nn2)CC1. The van der Waals surface area contributed by atoms with Gasteiger partial charge in [-0.05, 0) is 45.1 Å². The lowest BCUT2D eigenvalue weighted by Crippen LogP contribution is -2.29. The lowest BCUT2D eigenvalue weighted by atomic mass is 9.94. The van der Waals surface area contributed by atoms with Gasteiger partial charge in [-0.2, -0.15) is 5.10 Å². The molecule has 0 saturated carbocycles. The Kier molecular flexibility index (Phi) is 2.63. The summed E-state index contributed by atoms with van der Waals surface area (Å²) in [5, 5.41) is 8.02. The molecule has 0 spiro atoms. The number of nitrogens with two attached hydrogens (primary N) is 1. The zero-order valence-electron chi connectivity index (χ0n) is 8.48. The summed E-state index contributed by atoms with van der Waals surface area (Å²) in [4.78, 5) is 2.35. The fourth-order valence-corrected chi connectivity index (χ4v) is 1.87. The average molecular weight is 192 g/mol. The second kappa shape index (κ2) is 3.92. The third-order valence-electron chi connectivity index (χ3n) is 2.84. The first-order valence-electron chi connectivity index (χ1n) is 5.03. The molecule has 1 aromatic rings. The van der Waals surface area contributed by atoms with Crippen LogP contribution in [0.4, 0.5) is 5.82 Å². The van der Waals surface area contributed by atoms with Gasteiger partial charge in [0.15, 0.2) is 0 Å². The molecule has 1 aliphatic rings. The van der Waals surface area contributed by atoms with Crippen LogP contribution in [0.5, 0.6) is 0 Å². The van der Waals surface area contributed by atoms with Gasteiger partial charge < -0.3 is 10.6 Å². The molecule has 76 valence electrons. The predicted molar refractivity (Wildman–Crippen MR) is 55.9 cm³/mol. The van der Waals surface area contributed by atoms with Crippen LogP contribution < -0.4 is 5.73 Å². The molecule has 14 heavy (non-hydrogen) atoms. The van der Waals surface area contributed by atoms with Crippen molar-refractivity contribution in [3.8, 4) is 0 Å². The van der Waals surface area contributed by atoms with E-state index in [0.29, 0.717) is 11.7 Å². The highest BCUT2D eigenvalue weighted by molar-refractivity contribution is 5.26. The van der Waals surface area contributed by atoms with Crippen LogP contribution in [-0.2, 0) is 0 Å². The minimum absolute atomic E-state index is 0.502. The molecule has 2 rings (SSSR count). The summed E-state index contributed by atoms with van der Waals surface area (Å²) >= 11 is 0.